The molecule has 0 saturated heterocycles. The third-order valence-corrected chi connectivity index (χ3v) is 4.24. The number of fused-ring (bicyclic) bond motifs is 3. The van der Waals surface area contributed by atoms with Crippen LogP contribution in [0.15, 0.2) is 18.2 Å². The van der Waals surface area contributed by atoms with Crippen LogP contribution in [0.3, 0.4) is 0 Å². The molecule has 0 atom stereocenters. The van der Waals surface area contributed by atoms with E-state index in [9.17, 15) is 4.79 Å². The Morgan fingerprint density at radius 1 is 1.42 bits per heavy atom. The molecular formula is C14H13NO3S. The maximum absolute atomic E-state index is 11.3. The summed E-state index contributed by atoms with van der Waals surface area (Å²) in [7, 11) is 3.05. The second-order valence-electron chi connectivity index (χ2n) is 4.33. The highest BCUT2D eigenvalue weighted by Crippen LogP contribution is 2.41. The predicted molar refractivity (Wildman–Crippen MR) is 72.6 cm³/mol. The number of ether oxygens (including phenoxy) is 2. The SMILES string of the molecule is COC(=O)Cc1nc2c(s1)Cc1ccc(OC)cc1-2. The summed E-state index contributed by atoms with van der Waals surface area (Å²) in [6.07, 6.45) is 1.13. The molecule has 1 aromatic heterocycles. The molecule has 0 fully saturated rings. The van der Waals surface area contributed by atoms with Gasteiger partial charge in [-0.1, -0.05) is 6.07 Å². The largest absolute Gasteiger partial charge is 0.497 e. The molecule has 4 nitrogen and oxygen atoms in total. The molecule has 0 spiro atoms. The van der Waals surface area contributed by atoms with Crippen LogP contribution < -0.4 is 4.74 Å². The summed E-state index contributed by atoms with van der Waals surface area (Å²) in [6, 6.07) is 6.04. The molecule has 3 rings (SSSR count). The van der Waals surface area contributed by atoms with Gasteiger partial charge < -0.3 is 9.47 Å². The number of esters is 1. The molecule has 1 aromatic carbocycles. The fourth-order valence-corrected chi connectivity index (χ4v) is 3.32. The van der Waals surface area contributed by atoms with Crippen LogP contribution in [0.2, 0.25) is 0 Å². The minimum absolute atomic E-state index is 0.244. The van der Waals surface area contributed by atoms with Crippen molar-refractivity contribution in [2.45, 2.75) is 12.8 Å². The van der Waals surface area contributed by atoms with Gasteiger partial charge in [0, 0.05) is 16.9 Å². The smallest absolute Gasteiger partial charge is 0.312 e. The number of aromatic nitrogens is 1. The fraction of sp³-hybridized carbons (Fsp3) is 0.286. The number of hydrogen-bond acceptors (Lipinski definition) is 5. The van der Waals surface area contributed by atoms with E-state index >= 15 is 0 Å². The summed E-state index contributed by atoms with van der Waals surface area (Å²) in [4.78, 5) is 17.0. The number of rotatable bonds is 3. The first-order chi connectivity index (χ1) is 9.21. The Morgan fingerprint density at radius 2 is 2.26 bits per heavy atom. The molecule has 0 aliphatic heterocycles. The average Bonchev–Trinajstić information content (AvgIpc) is 2.95. The minimum atomic E-state index is -0.252. The number of hydrogen-bond donors (Lipinski definition) is 0. The molecule has 1 aliphatic carbocycles. The Kier molecular flexibility index (Phi) is 2.98. The zero-order valence-electron chi connectivity index (χ0n) is 10.7. The summed E-state index contributed by atoms with van der Waals surface area (Å²) < 4.78 is 9.91. The number of carbonyl (C=O) groups is 1. The van der Waals surface area contributed by atoms with Crippen LogP contribution in [-0.2, 0) is 22.4 Å². The van der Waals surface area contributed by atoms with Gasteiger partial charge in [-0.2, -0.15) is 0 Å². The third kappa shape index (κ3) is 2.10. The summed E-state index contributed by atoms with van der Waals surface area (Å²) in [6.45, 7) is 0. The number of carbonyl (C=O) groups excluding carboxylic acids is 1. The van der Waals surface area contributed by atoms with Gasteiger partial charge in [0.1, 0.15) is 10.8 Å². The fourth-order valence-electron chi connectivity index (χ4n) is 2.23. The Balaban J connectivity index is 1.96. The van der Waals surface area contributed by atoms with Crippen molar-refractivity contribution in [3.8, 4) is 17.0 Å². The predicted octanol–water partition coefficient (Wildman–Crippen LogP) is 2.44. The van der Waals surface area contributed by atoms with Gasteiger partial charge in [-0.3, -0.25) is 4.79 Å². The molecule has 0 bridgehead atoms. The Morgan fingerprint density at radius 3 is 3.00 bits per heavy atom. The highest BCUT2D eigenvalue weighted by molar-refractivity contribution is 7.12. The maximum atomic E-state index is 11.3. The van der Waals surface area contributed by atoms with Crippen molar-refractivity contribution in [2.75, 3.05) is 14.2 Å². The number of nitrogens with zero attached hydrogens (tertiary/aromatic N) is 1. The van der Waals surface area contributed by atoms with Crippen molar-refractivity contribution in [3.05, 3.63) is 33.6 Å². The monoisotopic (exact) mass is 275 g/mol. The Bertz CT molecular complexity index is 648. The summed E-state index contributed by atoms with van der Waals surface area (Å²) >= 11 is 1.58. The Hall–Kier alpha value is -1.88. The van der Waals surface area contributed by atoms with E-state index in [2.05, 4.69) is 15.8 Å². The normalized spacial score (nSPS) is 11.9. The quantitative estimate of drug-likeness (QED) is 0.689. The van der Waals surface area contributed by atoms with Gasteiger partial charge in [0.05, 0.1) is 26.3 Å². The number of thiazole rings is 1. The van der Waals surface area contributed by atoms with Crippen molar-refractivity contribution < 1.29 is 14.3 Å². The first-order valence-corrected chi connectivity index (χ1v) is 6.75. The molecule has 0 saturated carbocycles. The van der Waals surface area contributed by atoms with Crippen LogP contribution in [0, 0.1) is 0 Å². The molecule has 19 heavy (non-hydrogen) atoms. The van der Waals surface area contributed by atoms with Crippen molar-refractivity contribution in [1.29, 1.82) is 0 Å². The summed E-state index contributed by atoms with van der Waals surface area (Å²) in [5, 5.41) is 0.810. The van der Waals surface area contributed by atoms with Crippen molar-refractivity contribution in [2.24, 2.45) is 0 Å². The van der Waals surface area contributed by atoms with E-state index in [1.54, 1.807) is 18.4 Å². The van der Waals surface area contributed by atoms with Gasteiger partial charge in [0.25, 0.3) is 0 Å². The lowest BCUT2D eigenvalue weighted by atomic mass is 10.1. The average molecular weight is 275 g/mol. The van der Waals surface area contributed by atoms with Gasteiger partial charge >= 0.3 is 5.97 Å². The third-order valence-electron chi connectivity index (χ3n) is 3.19. The molecule has 2 aromatic rings. The number of methoxy groups -OCH3 is 2. The molecule has 5 heteroatoms. The summed E-state index contributed by atoms with van der Waals surface area (Å²) in [5.41, 5.74) is 3.36. The molecule has 1 heterocycles. The lowest BCUT2D eigenvalue weighted by Gasteiger charge is -2.03. The van der Waals surface area contributed by atoms with Gasteiger partial charge in [-0.25, -0.2) is 4.98 Å². The van der Waals surface area contributed by atoms with Gasteiger partial charge in [0.15, 0.2) is 0 Å². The van der Waals surface area contributed by atoms with Crippen LogP contribution in [0.5, 0.6) is 5.75 Å². The van der Waals surface area contributed by atoms with Gasteiger partial charge in [0.2, 0.25) is 0 Å². The van der Waals surface area contributed by atoms with Crippen LogP contribution in [0.4, 0.5) is 0 Å². The van der Waals surface area contributed by atoms with Crippen molar-refractivity contribution in [3.63, 3.8) is 0 Å². The van der Waals surface area contributed by atoms with Crippen LogP contribution in [0.1, 0.15) is 15.4 Å². The van der Waals surface area contributed by atoms with Gasteiger partial charge in [-0.15, -0.1) is 11.3 Å². The first kappa shape index (κ1) is 12.2. The van der Waals surface area contributed by atoms with E-state index < -0.39 is 0 Å². The topological polar surface area (TPSA) is 48.4 Å². The van der Waals surface area contributed by atoms with Crippen molar-refractivity contribution >= 4 is 17.3 Å². The van der Waals surface area contributed by atoms with E-state index in [-0.39, 0.29) is 12.4 Å². The Labute approximate surface area is 115 Å². The molecule has 0 radical (unpaired) electrons. The lowest BCUT2D eigenvalue weighted by molar-refractivity contribution is -0.139. The van der Waals surface area contributed by atoms with E-state index in [1.165, 1.54) is 17.6 Å². The zero-order valence-corrected chi connectivity index (χ0v) is 11.5. The van der Waals surface area contributed by atoms with E-state index in [1.807, 2.05) is 12.1 Å². The molecule has 98 valence electrons. The molecule has 1 aliphatic rings. The second-order valence-corrected chi connectivity index (χ2v) is 5.50. The highest BCUT2D eigenvalue weighted by atomic mass is 32.1. The van der Waals surface area contributed by atoms with Crippen LogP contribution in [0.25, 0.3) is 11.3 Å². The second kappa shape index (κ2) is 4.66. The molecular weight excluding hydrogens is 262 g/mol. The highest BCUT2D eigenvalue weighted by Gasteiger charge is 2.24. The molecule has 0 N–H and O–H groups in total. The van der Waals surface area contributed by atoms with E-state index in [0.717, 1.165) is 28.4 Å². The number of benzene rings is 1. The van der Waals surface area contributed by atoms with Crippen LogP contribution in [-0.4, -0.2) is 25.2 Å². The molecule has 0 unspecified atom stereocenters. The summed E-state index contributed by atoms with van der Waals surface area (Å²) in [5.74, 6) is 0.576. The van der Waals surface area contributed by atoms with Gasteiger partial charge in [-0.05, 0) is 17.7 Å². The van der Waals surface area contributed by atoms with Crippen molar-refractivity contribution in [1.82, 2.24) is 4.98 Å². The van der Waals surface area contributed by atoms with E-state index in [0.29, 0.717) is 0 Å². The zero-order chi connectivity index (χ0) is 13.4. The lowest BCUT2D eigenvalue weighted by Crippen LogP contribution is -2.03. The molecule has 0 amide bonds. The maximum Gasteiger partial charge on any atom is 0.312 e. The van der Waals surface area contributed by atoms with E-state index in [4.69, 9.17) is 4.74 Å². The first-order valence-electron chi connectivity index (χ1n) is 5.94. The van der Waals surface area contributed by atoms with Crippen LogP contribution >= 0.6 is 11.3 Å². The standard InChI is InChI=1S/C14H13NO3S/c1-17-9-4-3-8-5-11-14(10(8)6-9)15-12(19-11)7-13(16)18-2/h3-4,6H,5,7H2,1-2H3. The minimum Gasteiger partial charge on any atom is -0.497 e.